The Morgan fingerprint density at radius 3 is 1.16 bits per heavy atom. The van der Waals surface area contributed by atoms with Crippen LogP contribution in [0.2, 0.25) is 0 Å². The summed E-state index contributed by atoms with van der Waals surface area (Å²) in [6.45, 7) is 10.9. The van der Waals surface area contributed by atoms with E-state index in [1.54, 1.807) is 0 Å². The summed E-state index contributed by atoms with van der Waals surface area (Å²) in [6, 6.07) is 0. The predicted octanol–water partition coefficient (Wildman–Crippen LogP) is 1.71. The molecule has 0 unspecified atom stereocenters. The maximum Gasteiger partial charge on any atom is 0.329 e. The Hall–Kier alpha value is -1.46. The molecule has 0 aliphatic carbocycles. The molecule has 44 heavy (non-hydrogen) atoms. The molecular weight excluding hydrogens is 582 g/mol. The van der Waals surface area contributed by atoms with Gasteiger partial charge in [0, 0.05) is 13.2 Å². The zero-order valence-corrected chi connectivity index (χ0v) is 26.9. The van der Waals surface area contributed by atoms with Crippen LogP contribution in [-0.4, -0.2) is 156 Å². The van der Waals surface area contributed by atoms with Crippen molar-refractivity contribution in [3.05, 3.63) is 0 Å². The number of hydrogen-bond acceptors (Lipinski definition) is 12. The Labute approximate surface area is 263 Å². The molecule has 0 radical (unpaired) electrons. The number of aliphatic carboxylic acids is 1. The van der Waals surface area contributed by atoms with Gasteiger partial charge >= 0.3 is 5.97 Å². The van der Waals surface area contributed by atoms with Crippen LogP contribution >= 0.6 is 0 Å². The average molecular weight is 642 g/mol. The fraction of sp³-hybridized carbons (Fsp3) is 0.933. The summed E-state index contributed by atoms with van der Waals surface area (Å²) in [5.41, 5.74) is 0. The predicted molar refractivity (Wildman–Crippen MR) is 162 cm³/mol. The fourth-order valence-corrected chi connectivity index (χ4v) is 3.39. The summed E-state index contributed by atoms with van der Waals surface area (Å²) >= 11 is 0. The van der Waals surface area contributed by atoms with Crippen molar-refractivity contribution in [2.24, 2.45) is 0 Å². The van der Waals surface area contributed by atoms with Crippen molar-refractivity contribution in [2.45, 2.75) is 45.4 Å². The van der Waals surface area contributed by atoms with Gasteiger partial charge in [0.05, 0.1) is 112 Å². The van der Waals surface area contributed by atoms with E-state index < -0.39 is 18.5 Å². The van der Waals surface area contributed by atoms with Crippen molar-refractivity contribution in [1.82, 2.24) is 5.32 Å². The molecule has 14 nitrogen and oxygen atoms in total. The molecule has 0 aliphatic heterocycles. The Morgan fingerprint density at radius 2 is 0.773 bits per heavy atom. The summed E-state index contributed by atoms with van der Waals surface area (Å²) in [5.74, 6) is -1.51. The van der Waals surface area contributed by atoms with Gasteiger partial charge in [0.1, 0.15) is 13.2 Å². The number of carboxylic acid groups (broad SMARTS) is 1. The Bertz CT molecular complexity index is 601. The average Bonchev–Trinajstić information content (AvgIpc) is 3.01. The summed E-state index contributed by atoms with van der Waals surface area (Å²) < 4.78 is 53.7. The third-order valence-corrected chi connectivity index (χ3v) is 5.65. The first-order valence-corrected chi connectivity index (χ1v) is 15.9. The number of carbonyl (C=O) groups is 2. The van der Waals surface area contributed by atoms with E-state index in [0.29, 0.717) is 119 Å². The van der Waals surface area contributed by atoms with E-state index in [9.17, 15) is 9.59 Å². The molecule has 0 aromatic heterocycles. The van der Waals surface area contributed by atoms with Crippen LogP contribution in [0.25, 0.3) is 0 Å². The Kier molecular flexibility index (Phi) is 36.5. The minimum atomic E-state index is -1.12. The first-order chi connectivity index (χ1) is 21.7. The summed E-state index contributed by atoms with van der Waals surface area (Å²) in [5, 5.41) is 11.0. The fourth-order valence-electron chi connectivity index (χ4n) is 3.39. The van der Waals surface area contributed by atoms with Crippen LogP contribution < -0.4 is 5.32 Å². The van der Waals surface area contributed by atoms with Gasteiger partial charge < -0.3 is 57.8 Å². The molecule has 0 aromatic rings. The molecule has 0 atom stereocenters. The number of unbranched alkanes of at least 4 members (excludes halogenated alkanes) is 5. The standard InChI is InChI=1S/C30H59NO13/c1-2-3-4-5-6-7-9-35-11-13-37-15-17-39-19-21-41-23-25-43-26-24-42-22-20-40-18-16-38-14-12-36-10-8-31-29(32)27-44-28-30(33)34/h2-28H2,1H3,(H,31,32)(H,33,34). The molecule has 0 spiro atoms. The number of ether oxygens (including phenoxy) is 10. The van der Waals surface area contributed by atoms with Crippen molar-refractivity contribution >= 4 is 11.9 Å². The largest absolute Gasteiger partial charge is 0.480 e. The van der Waals surface area contributed by atoms with Gasteiger partial charge in [-0.1, -0.05) is 39.0 Å². The zero-order valence-electron chi connectivity index (χ0n) is 26.9. The maximum absolute atomic E-state index is 11.3. The lowest BCUT2D eigenvalue weighted by Gasteiger charge is -2.09. The van der Waals surface area contributed by atoms with Crippen LogP contribution in [0.3, 0.4) is 0 Å². The lowest BCUT2D eigenvalue weighted by Crippen LogP contribution is -2.31. The highest BCUT2D eigenvalue weighted by atomic mass is 16.6. The van der Waals surface area contributed by atoms with Crippen LogP contribution in [0.15, 0.2) is 0 Å². The quantitative estimate of drug-likeness (QED) is 0.0940. The number of carbonyl (C=O) groups excluding carboxylic acids is 1. The molecule has 0 fully saturated rings. The van der Waals surface area contributed by atoms with Gasteiger partial charge in [-0.15, -0.1) is 0 Å². The van der Waals surface area contributed by atoms with Crippen molar-refractivity contribution < 1.29 is 62.1 Å². The van der Waals surface area contributed by atoms with E-state index in [1.807, 2.05) is 0 Å². The summed E-state index contributed by atoms with van der Waals surface area (Å²) in [4.78, 5) is 21.6. The topological polar surface area (TPSA) is 159 Å². The van der Waals surface area contributed by atoms with E-state index in [0.717, 1.165) is 13.0 Å². The normalized spacial score (nSPS) is 11.3. The van der Waals surface area contributed by atoms with Gasteiger partial charge in [-0.2, -0.15) is 0 Å². The van der Waals surface area contributed by atoms with Crippen LogP contribution in [0.1, 0.15) is 45.4 Å². The first kappa shape index (κ1) is 42.5. The van der Waals surface area contributed by atoms with Crippen molar-refractivity contribution in [3.63, 3.8) is 0 Å². The van der Waals surface area contributed by atoms with Crippen LogP contribution in [-0.2, 0) is 57.0 Å². The number of carboxylic acids is 1. The Balaban J connectivity index is 3.08. The smallest absolute Gasteiger partial charge is 0.329 e. The molecule has 2 N–H and O–H groups in total. The SMILES string of the molecule is CCCCCCCCOCCOCCOCCOCCOCCOCCOCCOCCOCCNC(=O)COCC(=O)O. The first-order valence-electron chi connectivity index (χ1n) is 15.9. The van der Waals surface area contributed by atoms with Gasteiger partial charge in [-0.25, -0.2) is 4.79 Å². The lowest BCUT2D eigenvalue weighted by atomic mass is 10.1. The minimum absolute atomic E-state index is 0.297. The lowest BCUT2D eigenvalue weighted by molar-refractivity contribution is -0.143. The highest BCUT2D eigenvalue weighted by molar-refractivity contribution is 5.77. The van der Waals surface area contributed by atoms with E-state index in [1.165, 1.54) is 32.1 Å². The van der Waals surface area contributed by atoms with Gasteiger partial charge in [0.15, 0.2) is 0 Å². The maximum atomic E-state index is 11.3. The summed E-state index contributed by atoms with van der Waals surface area (Å²) in [7, 11) is 0. The van der Waals surface area contributed by atoms with E-state index >= 15 is 0 Å². The number of hydrogen-bond donors (Lipinski definition) is 2. The molecule has 0 bridgehead atoms. The molecule has 0 aliphatic rings. The molecule has 0 rings (SSSR count). The number of amides is 1. The second-order valence-corrected chi connectivity index (χ2v) is 9.52. The Morgan fingerprint density at radius 1 is 0.432 bits per heavy atom. The molecule has 0 aromatic carbocycles. The van der Waals surface area contributed by atoms with Gasteiger partial charge in [0.2, 0.25) is 5.91 Å². The third-order valence-electron chi connectivity index (χ3n) is 5.65. The van der Waals surface area contributed by atoms with E-state index in [2.05, 4.69) is 17.0 Å². The number of rotatable bonds is 38. The molecule has 14 heteroatoms. The molecule has 262 valence electrons. The molecule has 0 saturated carbocycles. The zero-order chi connectivity index (χ0) is 32.0. The van der Waals surface area contributed by atoms with Crippen molar-refractivity contribution in [1.29, 1.82) is 0 Å². The second-order valence-electron chi connectivity index (χ2n) is 9.52. The molecule has 0 saturated heterocycles. The van der Waals surface area contributed by atoms with Crippen molar-refractivity contribution in [3.8, 4) is 0 Å². The molecular formula is C30H59NO13. The van der Waals surface area contributed by atoms with E-state index in [4.69, 9.17) is 47.7 Å². The van der Waals surface area contributed by atoms with Crippen LogP contribution in [0.5, 0.6) is 0 Å². The summed E-state index contributed by atoms with van der Waals surface area (Å²) in [6.07, 6.45) is 7.64. The minimum Gasteiger partial charge on any atom is -0.480 e. The van der Waals surface area contributed by atoms with Gasteiger partial charge in [0.25, 0.3) is 0 Å². The van der Waals surface area contributed by atoms with E-state index in [-0.39, 0.29) is 6.61 Å². The highest BCUT2D eigenvalue weighted by Crippen LogP contribution is 2.04. The highest BCUT2D eigenvalue weighted by Gasteiger charge is 2.03. The molecule has 0 heterocycles. The van der Waals surface area contributed by atoms with Crippen LogP contribution in [0.4, 0.5) is 0 Å². The van der Waals surface area contributed by atoms with Crippen molar-refractivity contribution in [2.75, 3.05) is 139 Å². The third kappa shape index (κ3) is 38.6. The van der Waals surface area contributed by atoms with Crippen LogP contribution in [0, 0.1) is 0 Å². The van der Waals surface area contributed by atoms with Gasteiger partial charge in [-0.3, -0.25) is 4.79 Å². The number of nitrogens with one attached hydrogen (secondary N) is 1. The second kappa shape index (κ2) is 37.7. The monoisotopic (exact) mass is 641 g/mol. The molecule has 1 amide bonds. The van der Waals surface area contributed by atoms with Gasteiger partial charge in [-0.05, 0) is 6.42 Å².